The number of Topliss-reactive ketones (excluding diaryl/α,β-unsaturated/α-hetero) is 1. The van der Waals surface area contributed by atoms with Gasteiger partial charge in [0.25, 0.3) is 0 Å². The van der Waals surface area contributed by atoms with Crippen LogP contribution in [0.5, 0.6) is 0 Å². The van der Waals surface area contributed by atoms with E-state index in [2.05, 4.69) is 19.2 Å². The molecular weight excluding hydrogens is 170 g/mol. The third kappa shape index (κ3) is 4.78. The highest BCUT2D eigenvalue weighted by molar-refractivity contribution is 7.99. The minimum atomic E-state index is 0.0439. The molecular formula is C9H19NOS. The quantitative estimate of drug-likeness (QED) is 0.689. The lowest BCUT2D eigenvalue weighted by molar-refractivity contribution is -0.120. The first kappa shape index (κ1) is 12.0. The van der Waals surface area contributed by atoms with Crippen molar-refractivity contribution in [2.75, 3.05) is 12.8 Å². The Morgan fingerprint density at radius 3 is 2.42 bits per heavy atom. The molecule has 12 heavy (non-hydrogen) atoms. The molecule has 0 aromatic rings. The Labute approximate surface area is 79.5 Å². The number of ketones is 1. The summed E-state index contributed by atoms with van der Waals surface area (Å²) >= 11 is 1.82. The summed E-state index contributed by atoms with van der Waals surface area (Å²) in [6.07, 6.45) is 0.629. The lowest BCUT2D eigenvalue weighted by atomic mass is 10.2. The van der Waals surface area contributed by atoms with Gasteiger partial charge in [-0.05, 0) is 12.3 Å². The van der Waals surface area contributed by atoms with Crippen LogP contribution in [-0.4, -0.2) is 29.9 Å². The van der Waals surface area contributed by atoms with Crippen molar-refractivity contribution < 1.29 is 4.79 Å². The van der Waals surface area contributed by atoms with Gasteiger partial charge in [0.1, 0.15) is 5.78 Å². The van der Waals surface area contributed by atoms with Gasteiger partial charge in [0.05, 0.1) is 6.04 Å². The number of nitrogens with one attached hydrogen (secondary N) is 1. The Hall–Kier alpha value is -0.0200. The van der Waals surface area contributed by atoms with Crippen LogP contribution in [-0.2, 0) is 4.79 Å². The number of rotatable bonds is 6. The van der Waals surface area contributed by atoms with Crippen molar-refractivity contribution in [2.24, 2.45) is 0 Å². The molecule has 0 saturated carbocycles. The van der Waals surface area contributed by atoms with Crippen LogP contribution in [0.1, 0.15) is 27.2 Å². The van der Waals surface area contributed by atoms with E-state index in [1.807, 2.05) is 25.7 Å². The average Bonchev–Trinajstić information content (AvgIpc) is 2.04. The fourth-order valence-corrected chi connectivity index (χ4v) is 1.80. The van der Waals surface area contributed by atoms with E-state index in [4.69, 9.17) is 0 Å². The SMILES string of the molecule is CCC(=O)C(CSC(C)C)NC. The van der Waals surface area contributed by atoms with Crippen molar-refractivity contribution in [1.82, 2.24) is 5.32 Å². The van der Waals surface area contributed by atoms with Crippen LogP contribution in [0, 0.1) is 0 Å². The summed E-state index contributed by atoms with van der Waals surface area (Å²) in [5.41, 5.74) is 0. The first-order chi connectivity index (χ1) is 5.61. The summed E-state index contributed by atoms with van der Waals surface area (Å²) in [7, 11) is 1.85. The number of hydrogen-bond donors (Lipinski definition) is 1. The molecule has 0 aromatic heterocycles. The van der Waals surface area contributed by atoms with Gasteiger partial charge < -0.3 is 5.32 Å². The molecule has 0 aliphatic heterocycles. The molecule has 0 fully saturated rings. The first-order valence-corrected chi connectivity index (χ1v) is 5.48. The zero-order valence-electron chi connectivity index (χ0n) is 8.39. The summed E-state index contributed by atoms with van der Waals surface area (Å²) in [4.78, 5) is 11.3. The van der Waals surface area contributed by atoms with Gasteiger partial charge in [-0.3, -0.25) is 4.79 Å². The van der Waals surface area contributed by atoms with Gasteiger partial charge in [-0.2, -0.15) is 11.8 Å². The van der Waals surface area contributed by atoms with Crippen molar-refractivity contribution in [3.8, 4) is 0 Å². The van der Waals surface area contributed by atoms with E-state index in [0.717, 1.165) is 5.75 Å². The van der Waals surface area contributed by atoms with Crippen LogP contribution >= 0.6 is 11.8 Å². The third-order valence-electron chi connectivity index (χ3n) is 1.68. The predicted molar refractivity (Wildman–Crippen MR) is 55.7 cm³/mol. The maximum absolute atomic E-state index is 11.3. The zero-order valence-corrected chi connectivity index (χ0v) is 9.20. The lowest BCUT2D eigenvalue weighted by Gasteiger charge is -2.14. The largest absolute Gasteiger partial charge is 0.310 e. The lowest BCUT2D eigenvalue weighted by Crippen LogP contribution is -2.36. The van der Waals surface area contributed by atoms with Gasteiger partial charge in [0.15, 0.2) is 0 Å². The molecule has 0 bridgehead atoms. The molecule has 1 atom stereocenters. The van der Waals surface area contributed by atoms with Crippen molar-refractivity contribution in [3.05, 3.63) is 0 Å². The second kappa shape index (κ2) is 6.49. The standard InChI is InChI=1S/C9H19NOS/c1-5-9(11)8(10-4)6-12-7(2)3/h7-8,10H,5-6H2,1-4H3. The topological polar surface area (TPSA) is 29.1 Å². The Balaban J connectivity index is 3.75. The Bertz CT molecular complexity index is 136. The predicted octanol–water partition coefficient (Wildman–Crippen LogP) is 1.70. The fourth-order valence-electron chi connectivity index (χ4n) is 0.872. The molecule has 1 unspecified atom stereocenters. The number of hydrogen-bond acceptors (Lipinski definition) is 3. The van der Waals surface area contributed by atoms with Crippen molar-refractivity contribution in [1.29, 1.82) is 0 Å². The normalized spacial score (nSPS) is 13.4. The molecule has 72 valence electrons. The van der Waals surface area contributed by atoms with Crippen molar-refractivity contribution in [2.45, 2.75) is 38.5 Å². The average molecular weight is 189 g/mol. The molecule has 0 aromatic carbocycles. The summed E-state index contributed by atoms with van der Waals surface area (Å²) in [5.74, 6) is 1.20. The van der Waals surface area contributed by atoms with E-state index in [0.29, 0.717) is 17.5 Å². The number of thioether (sulfide) groups is 1. The maximum atomic E-state index is 11.3. The fraction of sp³-hybridized carbons (Fsp3) is 0.889. The van der Waals surface area contributed by atoms with E-state index < -0.39 is 0 Å². The van der Waals surface area contributed by atoms with Gasteiger partial charge in [-0.25, -0.2) is 0 Å². The molecule has 0 saturated heterocycles. The molecule has 0 rings (SSSR count). The van der Waals surface area contributed by atoms with Gasteiger partial charge >= 0.3 is 0 Å². The van der Waals surface area contributed by atoms with Gasteiger partial charge in [0.2, 0.25) is 0 Å². The summed E-state index contributed by atoms with van der Waals surface area (Å²) in [6, 6.07) is 0.0439. The molecule has 0 spiro atoms. The molecule has 0 radical (unpaired) electrons. The second-order valence-electron chi connectivity index (χ2n) is 3.04. The van der Waals surface area contributed by atoms with Crippen LogP contribution in [0.15, 0.2) is 0 Å². The van der Waals surface area contributed by atoms with E-state index in [1.54, 1.807) is 0 Å². The first-order valence-electron chi connectivity index (χ1n) is 4.43. The number of carbonyl (C=O) groups excluding carboxylic acids is 1. The number of carbonyl (C=O) groups is 1. The van der Waals surface area contributed by atoms with Crippen LogP contribution in [0.4, 0.5) is 0 Å². The van der Waals surface area contributed by atoms with E-state index in [-0.39, 0.29) is 6.04 Å². The van der Waals surface area contributed by atoms with Crippen molar-refractivity contribution in [3.63, 3.8) is 0 Å². The van der Waals surface area contributed by atoms with Crippen LogP contribution < -0.4 is 5.32 Å². The summed E-state index contributed by atoms with van der Waals surface area (Å²) in [6.45, 7) is 6.20. The summed E-state index contributed by atoms with van der Waals surface area (Å²) in [5, 5.41) is 3.64. The highest BCUT2D eigenvalue weighted by Crippen LogP contribution is 2.11. The molecule has 0 aliphatic carbocycles. The minimum Gasteiger partial charge on any atom is -0.310 e. The molecule has 0 aliphatic rings. The summed E-state index contributed by atoms with van der Waals surface area (Å²) < 4.78 is 0. The van der Waals surface area contributed by atoms with Gasteiger partial charge in [-0.15, -0.1) is 0 Å². The molecule has 0 amide bonds. The molecule has 0 heterocycles. The molecule has 2 nitrogen and oxygen atoms in total. The van der Waals surface area contributed by atoms with Crippen LogP contribution in [0.2, 0.25) is 0 Å². The molecule has 1 N–H and O–H groups in total. The number of likely N-dealkylation sites (N-methyl/N-ethyl adjacent to an activating group) is 1. The van der Waals surface area contributed by atoms with E-state index in [9.17, 15) is 4.79 Å². The van der Waals surface area contributed by atoms with Crippen molar-refractivity contribution >= 4 is 17.5 Å². The molecule has 3 heteroatoms. The van der Waals surface area contributed by atoms with Crippen LogP contribution in [0.3, 0.4) is 0 Å². The van der Waals surface area contributed by atoms with E-state index >= 15 is 0 Å². The Morgan fingerprint density at radius 1 is 1.50 bits per heavy atom. The highest BCUT2D eigenvalue weighted by atomic mass is 32.2. The van der Waals surface area contributed by atoms with Crippen LogP contribution in [0.25, 0.3) is 0 Å². The van der Waals surface area contributed by atoms with Gasteiger partial charge in [0, 0.05) is 12.2 Å². The highest BCUT2D eigenvalue weighted by Gasteiger charge is 2.14. The van der Waals surface area contributed by atoms with E-state index in [1.165, 1.54) is 0 Å². The smallest absolute Gasteiger partial charge is 0.150 e. The Kier molecular flexibility index (Phi) is 6.48. The Morgan fingerprint density at radius 2 is 2.08 bits per heavy atom. The minimum absolute atomic E-state index is 0.0439. The second-order valence-corrected chi connectivity index (χ2v) is 4.65. The van der Waals surface area contributed by atoms with Gasteiger partial charge in [-0.1, -0.05) is 20.8 Å². The monoisotopic (exact) mass is 189 g/mol. The third-order valence-corrected chi connectivity index (χ3v) is 2.87. The zero-order chi connectivity index (χ0) is 9.56. The maximum Gasteiger partial charge on any atom is 0.150 e.